The quantitative estimate of drug-likeness (QED) is 0.700. The second kappa shape index (κ2) is 6.09. The number of hydrogen-bond acceptors (Lipinski definition) is 2. The summed E-state index contributed by atoms with van der Waals surface area (Å²) < 4.78 is 35.3. The molecule has 0 heterocycles. The summed E-state index contributed by atoms with van der Waals surface area (Å²) in [6, 6.07) is -0.939. The molecule has 0 aliphatic carbocycles. The molecule has 1 unspecified atom stereocenters. The van der Waals surface area contributed by atoms with Gasteiger partial charge in [-0.3, -0.25) is 0 Å². The summed E-state index contributed by atoms with van der Waals surface area (Å²) in [5, 5.41) is 13.7. The van der Waals surface area contributed by atoms with Crippen molar-refractivity contribution >= 4 is 6.03 Å². The Balaban J connectivity index is 3.91. The lowest BCUT2D eigenvalue weighted by Crippen LogP contribution is -2.47. The van der Waals surface area contributed by atoms with Crippen LogP contribution in [-0.4, -0.2) is 36.0 Å². The Bertz CT molecular complexity index is 252. The van der Waals surface area contributed by atoms with Crippen LogP contribution in [0.5, 0.6) is 0 Å². The first kappa shape index (κ1) is 16.0. The van der Waals surface area contributed by atoms with Gasteiger partial charge < -0.3 is 15.7 Å². The van der Waals surface area contributed by atoms with Crippen LogP contribution in [0.2, 0.25) is 0 Å². The van der Waals surface area contributed by atoms with Crippen LogP contribution in [0.15, 0.2) is 0 Å². The highest BCUT2D eigenvalue weighted by Crippen LogP contribution is 2.15. The molecule has 17 heavy (non-hydrogen) atoms. The van der Waals surface area contributed by atoms with Crippen LogP contribution in [0.4, 0.5) is 18.0 Å². The zero-order chi connectivity index (χ0) is 13.7. The molecule has 1 atom stereocenters. The number of rotatable bonds is 5. The highest BCUT2D eigenvalue weighted by atomic mass is 19.4. The lowest BCUT2D eigenvalue weighted by Gasteiger charge is -2.25. The van der Waals surface area contributed by atoms with E-state index in [0.717, 1.165) is 0 Å². The van der Waals surface area contributed by atoms with E-state index in [1.807, 2.05) is 13.8 Å². The van der Waals surface area contributed by atoms with Crippen LogP contribution in [-0.2, 0) is 0 Å². The molecule has 7 heteroatoms. The molecule has 0 spiro atoms. The van der Waals surface area contributed by atoms with Gasteiger partial charge in [0.25, 0.3) is 0 Å². The summed E-state index contributed by atoms with van der Waals surface area (Å²) in [6.45, 7) is 3.85. The lowest BCUT2D eigenvalue weighted by molar-refractivity contribution is -0.122. The molecule has 0 aliphatic rings. The largest absolute Gasteiger partial charge is 0.405 e. The maximum Gasteiger partial charge on any atom is 0.405 e. The van der Waals surface area contributed by atoms with Crippen molar-refractivity contribution in [3.63, 3.8) is 0 Å². The van der Waals surface area contributed by atoms with Crippen molar-refractivity contribution in [2.75, 3.05) is 13.1 Å². The maximum absolute atomic E-state index is 11.8. The van der Waals surface area contributed by atoms with Crippen molar-refractivity contribution in [1.82, 2.24) is 10.6 Å². The van der Waals surface area contributed by atoms with E-state index in [-0.39, 0.29) is 12.5 Å². The average molecular weight is 256 g/mol. The molecule has 4 nitrogen and oxygen atoms in total. The number of amides is 2. The molecular weight excluding hydrogens is 237 g/mol. The van der Waals surface area contributed by atoms with Crippen LogP contribution in [0.25, 0.3) is 0 Å². The monoisotopic (exact) mass is 256 g/mol. The number of hydrogen-bond donors (Lipinski definition) is 3. The van der Waals surface area contributed by atoms with E-state index in [2.05, 4.69) is 5.32 Å². The molecule has 0 aliphatic heterocycles. The van der Waals surface area contributed by atoms with Crippen LogP contribution >= 0.6 is 0 Å². The topological polar surface area (TPSA) is 61.4 Å². The summed E-state index contributed by atoms with van der Waals surface area (Å²) >= 11 is 0. The number of nitrogens with one attached hydrogen (secondary N) is 2. The van der Waals surface area contributed by atoms with Gasteiger partial charge in [-0.05, 0) is 19.3 Å². The zero-order valence-corrected chi connectivity index (χ0v) is 10.2. The fourth-order valence-corrected chi connectivity index (χ4v) is 1.47. The van der Waals surface area contributed by atoms with Gasteiger partial charge in [0.2, 0.25) is 0 Å². The van der Waals surface area contributed by atoms with Gasteiger partial charge in [-0.25, -0.2) is 4.79 Å². The van der Waals surface area contributed by atoms with Gasteiger partial charge in [-0.1, -0.05) is 13.8 Å². The number of carbonyl (C=O) groups excluding carboxylic acids is 1. The minimum absolute atomic E-state index is 0.0884. The molecule has 102 valence electrons. The number of halogens is 3. The van der Waals surface area contributed by atoms with E-state index in [1.165, 1.54) is 6.92 Å². The van der Waals surface area contributed by atoms with Crippen LogP contribution in [0.1, 0.15) is 27.2 Å². The van der Waals surface area contributed by atoms with E-state index < -0.39 is 24.4 Å². The molecular formula is C10H19F3N2O2. The van der Waals surface area contributed by atoms with Crippen molar-refractivity contribution in [3.8, 4) is 0 Å². The minimum atomic E-state index is -4.43. The van der Waals surface area contributed by atoms with Crippen molar-refractivity contribution in [2.45, 2.75) is 39.0 Å². The van der Waals surface area contributed by atoms with Crippen LogP contribution in [0.3, 0.4) is 0 Å². The third-order valence-corrected chi connectivity index (χ3v) is 1.93. The van der Waals surface area contributed by atoms with Crippen molar-refractivity contribution in [3.05, 3.63) is 0 Å². The highest BCUT2D eigenvalue weighted by Gasteiger charge is 2.28. The fourth-order valence-electron chi connectivity index (χ4n) is 1.47. The Morgan fingerprint density at radius 2 is 1.71 bits per heavy atom. The highest BCUT2D eigenvalue weighted by molar-refractivity contribution is 5.73. The number of carbonyl (C=O) groups is 1. The third-order valence-electron chi connectivity index (χ3n) is 1.93. The van der Waals surface area contributed by atoms with Gasteiger partial charge in [-0.2, -0.15) is 13.2 Å². The Morgan fingerprint density at radius 1 is 1.24 bits per heavy atom. The van der Waals surface area contributed by atoms with Crippen molar-refractivity contribution < 1.29 is 23.1 Å². The Labute approximate surface area is 98.6 Å². The van der Waals surface area contributed by atoms with Gasteiger partial charge >= 0.3 is 12.2 Å². The summed E-state index contributed by atoms with van der Waals surface area (Å²) in [7, 11) is 0. The average Bonchev–Trinajstić information content (AvgIpc) is 2.08. The third kappa shape index (κ3) is 9.92. The van der Waals surface area contributed by atoms with Gasteiger partial charge in [0.05, 0.1) is 5.60 Å². The van der Waals surface area contributed by atoms with Gasteiger partial charge in [0.15, 0.2) is 0 Å². The van der Waals surface area contributed by atoms with E-state index in [4.69, 9.17) is 0 Å². The van der Waals surface area contributed by atoms with Gasteiger partial charge in [0.1, 0.15) is 6.54 Å². The van der Waals surface area contributed by atoms with E-state index in [0.29, 0.717) is 6.42 Å². The molecule has 0 aromatic rings. The van der Waals surface area contributed by atoms with Crippen molar-refractivity contribution in [2.24, 2.45) is 5.92 Å². The molecule has 0 fully saturated rings. The molecule has 3 N–H and O–H groups in total. The first-order valence-electron chi connectivity index (χ1n) is 5.33. The molecule has 2 amide bonds. The number of urea groups is 1. The molecule has 0 radical (unpaired) electrons. The summed E-state index contributed by atoms with van der Waals surface area (Å²) in [6.07, 6.45) is -3.98. The molecule has 0 bridgehead atoms. The van der Waals surface area contributed by atoms with Crippen LogP contribution in [0, 0.1) is 5.92 Å². The normalized spacial score (nSPS) is 15.5. The molecule has 0 saturated heterocycles. The molecule has 0 rings (SSSR count). The van der Waals surface area contributed by atoms with Gasteiger partial charge in [0, 0.05) is 6.54 Å². The predicted molar refractivity (Wildman–Crippen MR) is 57.5 cm³/mol. The predicted octanol–water partition coefficient (Wildman–Crippen LogP) is 1.64. The van der Waals surface area contributed by atoms with E-state index in [1.54, 1.807) is 5.32 Å². The summed E-state index contributed by atoms with van der Waals surface area (Å²) in [5.74, 6) is 0.227. The zero-order valence-electron chi connectivity index (χ0n) is 10.2. The number of aliphatic hydroxyl groups is 1. The molecule has 0 aromatic heterocycles. The smallest absolute Gasteiger partial charge is 0.388 e. The first-order chi connectivity index (χ1) is 7.52. The van der Waals surface area contributed by atoms with Crippen molar-refractivity contribution in [1.29, 1.82) is 0 Å². The molecule has 0 aromatic carbocycles. The summed E-state index contributed by atoms with van der Waals surface area (Å²) in [4.78, 5) is 11.0. The standard InChI is InChI=1S/C10H19F3N2O2/c1-7(2)4-9(3,17)5-14-8(16)15-6-10(11,12)13/h7,17H,4-6H2,1-3H3,(H2,14,15,16). The Morgan fingerprint density at radius 3 is 2.12 bits per heavy atom. The first-order valence-corrected chi connectivity index (χ1v) is 5.33. The molecule has 0 saturated carbocycles. The second-order valence-electron chi connectivity index (χ2n) is 4.75. The van der Waals surface area contributed by atoms with E-state index >= 15 is 0 Å². The van der Waals surface area contributed by atoms with Gasteiger partial charge in [-0.15, -0.1) is 0 Å². The fraction of sp³-hybridized carbons (Fsp3) is 0.900. The Hall–Kier alpha value is -0.980. The Kier molecular flexibility index (Phi) is 5.74. The second-order valence-corrected chi connectivity index (χ2v) is 4.75. The van der Waals surface area contributed by atoms with E-state index in [9.17, 15) is 23.1 Å². The summed E-state index contributed by atoms with van der Waals surface area (Å²) in [5.41, 5.74) is -1.12. The maximum atomic E-state index is 11.8. The SMILES string of the molecule is CC(C)CC(C)(O)CNC(=O)NCC(F)(F)F. The number of alkyl halides is 3. The van der Waals surface area contributed by atoms with Crippen LogP contribution < -0.4 is 10.6 Å². The lowest BCUT2D eigenvalue weighted by atomic mass is 9.94. The minimum Gasteiger partial charge on any atom is -0.388 e.